The highest BCUT2D eigenvalue weighted by atomic mass is 28.5. The number of hydrogen-bond acceptors (Lipinski definition) is 6. The Labute approximate surface area is 186 Å². The summed E-state index contributed by atoms with van der Waals surface area (Å²) in [6.45, 7) is 17.7. The van der Waals surface area contributed by atoms with Crippen molar-refractivity contribution in [3.8, 4) is 0 Å². The number of fused-ring (bicyclic) bond motifs is 1. The van der Waals surface area contributed by atoms with E-state index < -0.39 is 34.5 Å². The zero-order valence-corrected chi connectivity index (χ0v) is 21.8. The Kier molecular flexibility index (Phi) is 6.88. The van der Waals surface area contributed by atoms with E-state index in [1.807, 2.05) is 6.08 Å². The number of hydrogen-bond donors (Lipinski definition) is 1. The van der Waals surface area contributed by atoms with Crippen LogP contribution in [0, 0.1) is 0 Å². The van der Waals surface area contributed by atoms with Gasteiger partial charge in [-0.15, -0.1) is 0 Å². The molecule has 0 unspecified atom stereocenters. The summed E-state index contributed by atoms with van der Waals surface area (Å²) in [5, 5.41) is 0. The average molecular weight is 469 g/mol. The minimum atomic E-state index is -2.75. The van der Waals surface area contributed by atoms with Gasteiger partial charge < -0.3 is 17.7 Å². The van der Waals surface area contributed by atoms with Crippen LogP contribution in [0.25, 0.3) is 5.88 Å². The monoisotopic (exact) mass is 468 g/mol. The lowest BCUT2D eigenvalue weighted by molar-refractivity contribution is -0.00397. The number of nitrogens with one attached hydrogen (secondary N) is 1. The molecule has 10 heteroatoms. The van der Waals surface area contributed by atoms with Gasteiger partial charge in [0, 0.05) is 18.3 Å². The van der Waals surface area contributed by atoms with Crippen LogP contribution in [-0.4, -0.2) is 45.5 Å². The highest BCUT2D eigenvalue weighted by Gasteiger charge is 2.59. The van der Waals surface area contributed by atoms with Gasteiger partial charge in [0.15, 0.2) is 6.10 Å². The minimum Gasteiger partial charge on any atom is -0.470 e. The van der Waals surface area contributed by atoms with Crippen molar-refractivity contribution in [3.63, 3.8) is 0 Å². The molecule has 0 bridgehead atoms. The summed E-state index contributed by atoms with van der Waals surface area (Å²) < 4.78 is 28.1. The van der Waals surface area contributed by atoms with Gasteiger partial charge in [-0.25, -0.2) is 9.36 Å². The van der Waals surface area contributed by atoms with Crippen LogP contribution in [0.5, 0.6) is 0 Å². The summed E-state index contributed by atoms with van der Waals surface area (Å²) in [6, 6.07) is 1.29. The number of aromatic amines is 1. The Morgan fingerprint density at radius 1 is 0.968 bits per heavy atom. The lowest BCUT2D eigenvalue weighted by Gasteiger charge is -2.51. The van der Waals surface area contributed by atoms with Crippen molar-refractivity contribution in [2.75, 3.05) is 6.61 Å². The van der Waals surface area contributed by atoms with Crippen LogP contribution >= 0.6 is 0 Å². The van der Waals surface area contributed by atoms with Crippen molar-refractivity contribution in [3.05, 3.63) is 39.2 Å². The fourth-order valence-electron chi connectivity index (χ4n) is 4.61. The van der Waals surface area contributed by atoms with Crippen LogP contribution in [0.15, 0.2) is 27.9 Å². The molecule has 0 aromatic carbocycles. The molecular weight excluding hydrogens is 432 g/mol. The van der Waals surface area contributed by atoms with Crippen molar-refractivity contribution in [1.82, 2.24) is 9.55 Å². The molecule has 3 heterocycles. The van der Waals surface area contributed by atoms with Gasteiger partial charge in [-0.1, -0.05) is 55.4 Å². The van der Waals surface area contributed by atoms with Crippen molar-refractivity contribution in [2.45, 2.75) is 89.8 Å². The maximum absolute atomic E-state index is 12.3. The van der Waals surface area contributed by atoms with E-state index in [2.05, 4.69) is 60.4 Å². The van der Waals surface area contributed by atoms with E-state index >= 15 is 0 Å². The third-order valence-electron chi connectivity index (χ3n) is 6.34. The molecule has 0 saturated carbocycles. The molecule has 0 radical (unpaired) electrons. The summed E-state index contributed by atoms with van der Waals surface area (Å²) in [7, 11) is -5.40. The first-order chi connectivity index (χ1) is 14.4. The normalized spacial score (nSPS) is 25.4. The smallest absolute Gasteiger partial charge is 0.335 e. The summed E-state index contributed by atoms with van der Waals surface area (Å²) >= 11 is 0. The number of rotatable bonds is 5. The lowest BCUT2D eigenvalue weighted by Crippen LogP contribution is -2.65. The molecule has 0 aliphatic carbocycles. The summed E-state index contributed by atoms with van der Waals surface area (Å²) in [5.74, 6) is 0.346. The molecule has 1 N–H and O–H groups in total. The van der Waals surface area contributed by atoms with Gasteiger partial charge in [-0.05, 0) is 22.2 Å². The molecule has 1 aromatic rings. The predicted octanol–water partition coefficient (Wildman–Crippen LogP) is 3.69. The number of aromatic nitrogens is 2. The molecule has 1 fully saturated rings. The second-order valence-electron chi connectivity index (χ2n) is 9.70. The van der Waals surface area contributed by atoms with E-state index in [1.165, 1.54) is 16.8 Å². The van der Waals surface area contributed by atoms with Gasteiger partial charge in [-0.2, -0.15) is 0 Å². The van der Waals surface area contributed by atoms with Crippen LogP contribution < -0.4 is 11.2 Å². The third kappa shape index (κ3) is 4.28. The predicted molar refractivity (Wildman–Crippen MR) is 124 cm³/mol. The van der Waals surface area contributed by atoms with Crippen LogP contribution in [0.3, 0.4) is 0 Å². The molecule has 8 nitrogen and oxygen atoms in total. The first kappa shape index (κ1) is 24.2. The Hall–Kier alpha value is -1.47. The minimum absolute atomic E-state index is 0.201. The fourth-order valence-corrected chi connectivity index (χ4v) is 15.8. The molecule has 2 atom stereocenters. The molecule has 31 heavy (non-hydrogen) atoms. The molecular formula is C21H36N2O6Si2. The number of ether oxygens (including phenoxy) is 1. The highest BCUT2D eigenvalue weighted by Crippen LogP contribution is 2.47. The molecule has 0 amide bonds. The number of nitrogens with zero attached hydrogens (tertiary/aromatic N) is 1. The maximum atomic E-state index is 12.3. The largest absolute Gasteiger partial charge is 0.470 e. The SMILES string of the molecule is CC(C)[Si]1(C(C)C)OC[C@H]2OC(n3ccc(=O)[nH]c3=O)=C[C@@H]2O[Si](C(C)C)(C(C)C)O1. The Morgan fingerprint density at radius 2 is 1.55 bits per heavy atom. The molecule has 2 aliphatic heterocycles. The van der Waals surface area contributed by atoms with E-state index in [9.17, 15) is 9.59 Å². The molecule has 0 spiro atoms. The fraction of sp³-hybridized carbons (Fsp3) is 0.714. The summed E-state index contributed by atoms with van der Waals surface area (Å²) in [6.07, 6.45) is 2.45. The van der Waals surface area contributed by atoms with Gasteiger partial charge in [0.1, 0.15) is 6.10 Å². The summed E-state index contributed by atoms with van der Waals surface area (Å²) in [5.41, 5.74) is -0.107. The van der Waals surface area contributed by atoms with Crippen molar-refractivity contribution in [1.29, 1.82) is 0 Å². The van der Waals surface area contributed by atoms with Crippen LogP contribution in [0.1, 0.15) is 55.4 Å². The first-order valence-electron chi connectivity index (χ1n) is 11.2. The maximum Gasteiger partial charge on any atom is 0.335 e. The van der Waals surface area contributed by atoms with E-state index in [-0.39, 0.29) is 28.3 Å². The Bertz CT molecular complexity index is 920. The molecule has 174 valence electrons. The van der Waals surface area contributed by atoms with Gasteiger partial charge >= 0.3 is 22.8 Å². The van der Waals surface area contributed by atoms with E-state index in [4.69, 9.17) is 17.7 Å². The van der Waals surface area contributed by atoms with Gasteiger partial charge in [0.25, 0.3) is 5.56 Å². The number of H-pyrrole nitrogens is 1. The van der Waals surface area contributed by atoms with E-state index in [1.54, 1.807) is 0 Å². The standard InChI is InChI=1S/C21H36N2O6Si2/c1-13(2)30(14(3)4)26-12-18-17(28-31(29-30,15(5)6)16(7)8)11-20(27-18)23-10-9-19(24)22-21(23)25/h9-11,13-18H,12H2,1-8H3,(H,22,24,25)/t17-,18+/m0/s1. The lowest BCUT2D eigenvalue weighted by atomic mass is 10.2. The topological polar surface area (TPSA) is 91.8 Å². The average Bonchev–Trinajstić information content (AvgIpc) is 3.02. The van der Waals surface area contributed by atoms with Gasteiger partial charge in [-0.3, -0.25) is 9.78 Å². The van der Waals surface area contributed by atoms with Crippen molar-refractivity contribution >= 4 is 23.0 Å². The summed E-state index contributed by atoms with van der Waals surface area (Å²) in [4.78, 5) is 26.0. The molecule has 1 aromatic heterocycles. The highest BCUT2D eigenvalue weighted by molar-refractivity contribution is 6.84. The van der Waals surface area contributed by atoms with Crippen LogP contribution in [-0.2, 0) is 17.7 Å². The zero-order valence-electron chi connectivity index (χ0n) is 19.8. The van der Waals surface area contributed by atoms with Crippen molar-refractivity contribution in [2.24, 2.45) is 0 Å². The third-order valence-corrected chi connectivity index (χ3v) is 16.6. The van der Waals surface area contributed by atoms with Gasteiger partial charge in [0.2, 0.25) is 5.88 Å². The van der Waals surface area contributed by atoms with E-state index in [0.29, 0.717) is 12.5 Å². The Morgan fingerprint density at radius 3 is 2.06 bits per heavy atom. The quantitative estimate of drug-likeness (QED) is 0.663. The Balaban J connectivity index is 2.07. The van der Waals surface area contributed by atoms with Crippen LogP contribution in [0.2, 0.25) is 22.2 Å². The van der Waals surface area contributed by atoms with Crippen molar-refractivity contribution < 1.29 is 17.7 Å². The zero-order chi connectivity index (χ0) is 23.1. The molecule has 2 aliphatic rings. The molecule has 3 rings (SSSR count). The van der Waals surface area contributed by atoms with E-state index in [0.717, 1.165) is 0 Å². The second kappa shape index (κ2) is 8.82. The first-order valence-corrected chi connectivity index (χ1v) is 15.1. The second-order valence-corrected chi connectivity index (χ2v) is 18.5. The molecule has 1 saturated heterocycles. The van der Waals surface area contributed by atoms with Gasteiger partial charge in [0.05, 0.1) is 6.61 Å². The van der Waals surface area contributed by atoms with Crippen LogP contribution in [0.4, 0.5) is 0 Å².